The van der Waals surface area contributed by atoms with Gasteiger partial charge in [0.25, 0.3) is 5.69 Å². The lowest BCUT2D eigenvalue weighted by Crippen LogP contribution is -2.09. The van der Waals surface area contributed by atoms with Gasteiger partial charge in [0.1, 0.15) is 5.76 Å². The van der Waals surface area contributed by atoms with Gasteiger partial charge < -0.3 is 4.42 Å². The van der Waals surface area contributed by atoms with Crippen molar-refractivity contribution in [2.45, 2.75) is 6.18 Å². The van der Waals surface area contributed by atoms with Gasteiger partial charge in [0.2, 0.25) is 0 Å². The number of halogens is 3. The Labute approximate surface area is 116 Å². The molecule has 0 aliphatic carbocycles. The largest absolute Gasteiger partial charge is 0.463 e. The summed E-state index contributed by atoms with van der Waals surface area (Å²) in [4.78, 5) is 9.64. The molecule has 0 saturated carbocycles. The molecule has 1 aromatic carbocycles. The molecule has 1 heterocycles. The lowest BCUT2D eigenvalue weighted by atomic mass is 10.1. The fraction of sp³-hybridized carbons (Fsp3) is 0.0833. The van der Waals surface area contributed by atoms with Crippen LogP contribution >= 0.6 is 0 Å². The van der Waals surface area contributed by atoms with Crippen LogP contribution in [0.3, 0.4) is 0 Å². The third-order valence-electron chi connectivity index (χ3n) is 2.44. The second-order valence-corrected chi connectivity index (χ2v) is 3.87. The van der Waals surface area contributed by atoms with Crippen molar-refractivity contribution in [2.75, 3.05) is 5.43 Å². The van der Waals surface area contributed by atoms with Gasteiger partial charge in [-0.25, -0.2) is 0 Å². The maximum absolute atomic E-state index is 12.9. The molecule has 6 nitrogen and oxygen atoms in total. The third kappa shape index (κ3) is 3.59. The average Bonchev–Trinajstić information content (AvgIpc) is 2.90. The summed E-state index contributed by atoms with van der Waals surface area (Å²) < 4.78 is 43.5. The van der Waals surface area contributed by atoms with E-state index in [0.29, 0.717) is 11.8 Å². The number of nitrogens with zero attached hydrogens (tertiary/aromatic N) is 2. The van der Waals surface area contributed by atoms with Crippen molar-refractivity contribution >= 4 is 17.6 Å². The van der Waals surface area contributed by atoms with E-state index in [9.17, 15) is 23.3 Å². The van der Waals surface area contributed by atoms with Crippen LogP contribution in [0.2, 0.25) is 0 Å². The monoisotopic (exact) mass is 299 g/mol. The van der Waals surface area contributed by atoms with Gasteiger partial charge in [-0.2, -0.15) is 18.3 Å². The van der Waals surface area contributed by atoms with E-state index in [1.807, 2.05) is 0 Å². The molecule has 1 N–H and O–H groups in total. The molecule has 1 aromatic heterocycles. The second-order valence-electron chi connectivity index (χ2n) is 3.87. The quantitative estimate of drug-likeness (QED) is 0.531. The first-order chi connectivity index (χ1) is 9.88. The molecular weight excluding hydrogens is 291 g/mol. The number of hydrazone groups is 1. The van der Waals surface area contributed by atoms with Crippen molar-refractivity contribution < 1.29 is 22.5 Å². The zero-order valence-corrected chi connectivity index (χ0v) is 10.3. The number of rotatable bonds is 4. The van der Waals surface area contributed by atoms with Crippen LogP contribution in [0.25, 0.3) is 0 Å². The summed E-state index contributed by atoms with van der Waals surface area (Å²) in [6.45, 7) is 0. The van der Waals surface area contributed by atoms with Gasteiger partial charge in [0, 0.05) is 12.1 Å². The number of hydrogen-bond acceptors (Lipinski definition) is 5. The smallest absolute Gasteiger partial charge is 0.418 e. The van der Waals surface area contributed by atoms with Crippen molar-refractivity contribution in [3.63, 3.8) is 0 Å². The summed E-state index contributed by atoms with van der Waals surface area (Å²) in [6.07, 6.45) is -2.18. The molecule has 2 rings (SSSR count). The minimum Gasteiger partial charge on any atom is -0.463 e. The number of nitro groups is 1. The predicted octanol–water partition coefficient (Wildman–Crippen LogP) is 3.65. The van der Waals surface area contributed by atoms with E-state index in [-0.39, 0.29) is 0 Å². The summed E-state index contributed by atoms with van der Waals surface area (Å²) >= 11 is 0. The van der Waals surface area contributed by atoms with Crippen LogP contribution in [0.15, 0.2) is 46.1 Å². The number of hydrogen-bond donors (Lipinski definition) is 1. The Hall–Kier alpha value is -2.84. The molecule has 0 aliphatic heterocycles. The van der Waals surface area contributed by atoms with E-state index in [4.69, 9.17) is 4.42 Å². The SMILES string of the molecule is O=[N+]([O-])c1ccc(N/N=C/c2ccco2)c(C(F)(F)F)c1. The average molecular weight is 299 g/mol. The molecule has 0 saturated heterocycles. The van der Waals surface area contributed by atoms with Crippen LogP contribution in [0.1, 0.15) is 11.3 Å². The van der Waals surface area contributed by atoms with E-state index >= 15 is 0 Å². The summed E-state index contributed by atoms with van der Waals surface area (Å²) in [5.41, 5.74) is -0.0246. The number of nitrogens with one attached hydrogen (secondary N) is 1. The van der Waals surface area contributed by atoms with Gasteiger partial charge in [-0.05, 0) is 18.2 Å². The van der Waals surface area contributed by atoms with Gasteiger partial charge >= 0.3 is 6.18 Å². The van der Waals surface area contributed by atoms with Gasteiger partial charge in [0.05, 0.1) is 28.7 Å². The fourth-order valence-corrected chi connectivity index (χ4v) is 1.51. The lowest BCUT2D eigenvalue weighted by Gasteiger charge is -2.11. The number of furan rings is 1. The first-order valence-corrected chi connectivity index (χ1v) is 5.56. The number of benzene rings is 1. The molecule has 0 amide bonds. The van der Waals surface area contributed by atoms with Crippen LogP contribution in [0.4, 0.5) is 24.5 Å². The fourth-order valence-electron chi connectivity index (χ4n) is 1.51. The van der Waals surface area contributed by atoms with E-state index in [2.05, 4.69) is 10.5 Å². The third-order valence-corrected chi connectivity index (χ3v) is 2.44. The van der Waals surface area contributed by atoms with Crippen LogP contribution in [0.5, 0.6) is 0 Å². The molecule has 0 atom stereocenters. The van der Waals surface area contributed by atoms with Crippen molar-refractivity contribution in [1.82, 2.24) is 0 Å². The summed E-state index contributed by atoms with van der Waals surface area (Å²) in [5, 5.41) is 14.1. The zero-order chi connectivity index (χ0) is 15.5. The molecule has 0 unspecified atom stereocenters. The summed E-state index contributed by atoms with van der Waals surface area (Å²) in [5.74, 6) is 0.345. The Morgan fingerprint density at radius 2 is 2.10 bits per heavy atom. The highest BCUT2D eigenvalue weighted by molar-refractivity contribution is 5.76. The van der Waals surface area contributed by atoms with Gasteiger partial charge in [-0.15, -0.1) is 0 Å². The molecule has 0 bridgehead atoms. The summed E-state index contributed by atoms with van der Waals surface area (Å²) in [6, 6.07) is 5.51. The van der Waals surface area contributed by atoms with E-state index in [1.165, 1.54) is 12.5 Å². The minimum absolute atomic E-state index is 0.345. The molecule has 9 heteroatoms. The second kappa shape index (κ2) is 5.65. The predicted molar refractivity (Wildman–Crippen MR) is 68.0 cm³/mol. The van der Waals surface area contributed by atoms with Crippen molar-refractivity contribution in [3.8, 4) is 0 Å². The van der Waals surface area contributed by atoms with Gasteiger partial charge in [0.15, 0.2) is 0 Å². The first-order valence-electron chi connectivity index (χ1n) is 5.56. The molecule has 21 heavy (non-hydrogen) atoms. The summed E-state index contributed by atoms with van der Waals surface area (Å²) in [7, 11) is 0. The topological polar surface area (TPSA) is 80.7 Å². The van der Waals surface area contributed by atoms with Crippen LogP contribution < -0.4 is 5.43 Å². The highest BCUT2D eigenvalue weighted by Crippen LogP contribution is 2.37. The highest BCUT2D eigenvalue weighted by Gasteiger charge is 2.35. The highest BCUT2D eigenvalue weighted by atomic mass is 19.4. The maximum atomic E-state index is 12.9. The van der Waals surface area contributed by atoms with E-state index in [0.717, 1.165) is 12.1 Å². The maximum Gasteiger partial charge on any atom is 0.418 e. The Kier molecular flexibility index (Phi) is 3.92. The molecule has 0 fully saturated rings. The van der Waals surface area contributed by atoms with E-state index in [1.54, 1.807) is 12.1 Å². The standard InChI is InChI=1S/C12H8F3N3O3/c13-12(14,15)10-6-8(18(19)20)3-4-11(10)17-16-7-9-2-1-5-21-9/h1-7,17H/b16-7+. The van der Waals surface area contributed by atoms with Gasteiger partial charge in [-0.1, -0.05) is 0 Å². The Bertz CT molecular complexity index is 666. The normalized spacial score (nSPS) is 11.8. The Morgan fingerprint density at radius 3 is 2.67 bits per heavy atom. The minimum atomic E-state index is -4.74. The molecular formula is C12H8F3N3O3. The van der Waals surface area contributed by atoms with Crippen LogP contribution in [-0.2, 0) is 6.18 Å². The van der Waals surface area contributed by atoms with E-state index < -0.39 is 28.0 Å². The number of alkyl halides is 3. The Morgan fingerprint density at radius 1 is 1.33 bits per heavy atom. The van der Waals surface area contributed by atoms with Crippen LogP contribution in [0, 0.1) is 10.1 Å². The number of nitro benzene ring substituents is 1. The number of anilines is 1. The molecule has 0 aliphatic rings. The molecule has 2 aromatic rings. The van der Waals surface area contributed by atoms with Crippen molar-refractivity contribution in [3.05, 3.63) is 58.0 Å². The van der Waals surface area contributed by atoms with Crippen LogP contribution in [-0.4, -0.2) is 11.1 Å². The Balaban J connectivity index is 2.28. The van der Waals surface area contributed by atoms with Gasteiger partial charge in [-0.3, -0.25) is 15.5 Å². The first kappa shape index (κ1) is 14.6. The molecule has 110 valence electrons. The number of non-ortho nitro benzene ring substituents is 1. The molecule has 0 radical (unpaired) electrons. The molecule has 0 spiro atoms. The zero-order valence-electron chi connectivity index (χ0n) is 10.3. The van der Waals surface area contributed by atoms with Crippen molar-refractivity contribution in [1.29, 1.82) is 0 Å². The lowest BCUT2D eigenvalue weighted by molar-refractivity contribution is -0.385. The van der Waals surface area contributed by atoms with Crippen molar-refractivity contribution in [2.24, 2.45) is 5.10 Å².